The zero-order chi connectivity index (χ0) is 20.3. The van der Waals surface area contributed by atoms with Gasteiger partial charge in [0.1, 0.15) is 18.0 Å². The molecule has 0 aliphatic carbocycles. The predicted octanol–water partition coefficient (Wildman–Crippen LogP) is 0.195. The molecule has 0 radical (unpaired) electrons. The van der Waals surface area contributed by atoms with Gasteiger partial charge in [-0.15, -0.1) is 0 Å². The molecule has 8 nitrogen and oxygen atoms in total. The Morgan fingerprint density at radius 3 is 2.43 bits per heavy atom. The van der Waals surface area contributed by atoms with Crippen molar-refractivity contribution in [2.24, 2.45) is 5.92 Å². The van der Waals surface area contributed by atoms with Gasteiger partial charge in [0.05, 0.1) is 30.8 Å². The average Bonchev–Trinajstić information content (AvgIpc) is 3.03. The number of sulfonamides is 1. The molecule has 0 unspecified atom stereocenters. The van der Waals surface area contributed by atoms with Crippen LogP contribution < -0.4 is 9.46 Å². The first-order valence-corrected chi connectivity index (χ1v) is 11.2. The van der Waals surface area contributed by atoms with Gasteiger partial charge in [0.25, 0.3) is 0 Å². The highest BCUT2D eigenvalue weighted by atomic mass is 32.2. The minimum Gasteiger partial charge on any atom is -0.497 e. The van der Waals surface area contributed by atoms with Crippen LogP contribution in [-0.4, -0.2) is 81.2 Å². The Kier molecular flexibility index (Phi) is 6.95. The first-order valence-electron chi connectivity index (χ1n) is 9.68. The van der Waals surface area contributed by atoms with E-state index in [9.17, 15) is 18.6 Å². The van der Waals surface area contributed by atoms with Crippen molar-refractivity contribution < 1.29 is 28.1 Å². The molecule has 2 saturated heterocycles. The third kappa shape index (κ3) is 4.67. The number of aliphatic hydroxyl groups is 2. The normalized spacial score (nSPS) is 29.9. The summed E-state index contributed by atoms with van der Waals surface area (Å²) < 4.78 is 38.7. The number of nitrogens with one attached hydrogen (secondary N) is 1. The van der Waals surface area contributed by atoms with Crippen LogP contribution in [0.3, 0.4) is 0 Å². The van der Waals surface area contributed by atoms with Crippen molar-refractivity contribution in [1.29, 1.82) is 0 Å². The second kappa shape index (κ2) is 9.06. The lowest BCUT2D eigenvalue weighted by atomic mass is 9.94. The third-order valence-electron chi connectivity index (χ3n) is 5.73. The van der Waals surface area contributed by atoms with Crippen molar-refractivity contribution in [2.75, 3.05) is 33.4 Å². The molecule has 0 saturated carbocycles. The maximum absolute atomic E-state index is 12.6. The van der Waals surface area contributed by atoms with Crippen molar-refractivity contribution in [2.45, 2.75) is 49.0 Å². The minimum atomic E-state index is -3.73. The minimum absolute atomic E-state index is 0.0264. The van der Waals surface area contributed by atoms with E-state index in [0.29, 0.717) is 11.7 Å². The number of likely N-dealkylation sites (tertiary alicyclic amines) is 1. The Hall–Kier alpha value is -1.23. The summed E-state index contributed by atoms with van der Waals surface area (Å²) in [6, 6.07) is 5.79. The number of nitrogens with zero attached hydrogens (tertiary/aromatic N) is 1. The molecule has 3 N–H and O–H groups in total. The molecule has 2 fully saturated rings. The SMILES string of the molecule is COc1ccc(S(=O)(=O)NC[C@H]2O[C@@H](CO)[C@@H](O)[C@@H]2N2CCC(C)CC2)cc1. The highest BCUT2D eigenvalue weighted by Gasteiger charge is 2.46. The molecule has 0 spiro atoms. The van der Waals surface area contributed by atoms with Crippen molar-refractivity contribution in [3.05, 3.63) is 24.3 Å². The zero-order valence-corrected chi connectivity index (χ0v) is 17.1. The van der Waals surface area contributed by atoms with Gasteiger partial charge >= 0.3 is 0 Å². The van der Waals surface area contributed by atoms with E-state index >= 15 is 0 Å². The summed E-state index contributed by atoms with van der Waals surface area (Å²) in [6.07, 6.45) is -0.0449. The summed E-state index contributed by atoms with van der Waals surface area (Å²) in [6.45, 7) is 3.58. The molecule has 2 aliphatic rings. The number of aliphatic hydroxyl groups excluding tert-OH is 2. The van der Waals surface area contributed by atoms with Crippen LogP contribution in [0.2, 0.25) is 0 Å². The molecule has 158 valence electrons. The molecule has 28 heavy (non-hydrogen) atoms. The van der Waals surface area contributed by atoms with Crippen molar-refractivity contribution in [3.63, 3.8) is 0 Å². The summed E-state index contributed by atoms with van der Waals surface area (Å²) >= 11 is 0. The average molecular weight is 415 g/mol. The van der Waals surface area contributed by atoms with Crippen LogP contribution in [0, 0.1) is 5.92 Å². The maximum Gasteiger partial charge on any atom is 0.240 e. The van der Waals surface area contributed by atoms with Gasteiger partial charge in [-0.3, -0.25) is 4.90 Å². The Morgan fingerprint density at radius 2 is 1.86 bits per heavy atom. The highest BCUT2D eigenvalue weighted by Crippen LogP contribution is 2.29. The Bertz CT molecular complexity index is 733. The lowest BCUT2D eigenvalue weighted by Gasteiger charge is -2.38. The van der Waals surface area contributed by atoms with E-state index in [1.165, 1.54) is 19.2 Å². The van der Waals surface area contributed by atoms with E-state index in [0.717, 1.165) is 25.9 Å². The molecule has 4 atom stereocenters. The number of ether oxygens (including phenoxy) is 2. The molecule has 0 amide bonds. The van der Waals surface area contributed by atoms with Crippen molar-refractivity contribution in [1.82, 2.24) is 9.62 Å². The molecular weight excluding hydrogens is 384 g/mol. The Morgan fingerprint density at radius 1 is 1.21 bits per heavy atom. The smallest absolute Gasteiger partial charge is 0.240 e. The van der Waals surface area contributed by atoms with E-state index in [-0.39, 0.29) is 24.1 Å². The van der Waals surface area contributed by atoms with E-state index in [2.05, 4.69) is 16.5 Å². The quantitative estimate of drug-likeness (QED) is 0.585. The highest BCUT2D eigenvalue weighted by molar-refractivity contribution is 7.89. The molecule has 0 aromatic heterocycles. The van der Waals surface area contributed by atoms with Crippen LogP contribution in [0.1, 0.15) is 19.8 Å². The van der Waals surface area contributed by atoms with Crippen molar-refractivity contribution >= 4 is 10.0 Å². The molecule has 1 aromatic carbocycles. The molecule has 9 heteroatoms. The van der Waals surface area contributed by atoms with Crippen LogP contribution in [0.15, 0.2) is 29.2 Å². The van der Waals surface area contributed by atoms with Gasteiger partial charge in [-0.1, -0.05) is 6.92 Å². The summed E-state index contributed by atoms with van der Waals surface area (Å²) in [5.74, 6) is 1.21. The monoisotopic (exact) mass is 414 g/mol. The Labute approximate surface area is 166 Å². The fourth-order valence-corrected chi connectivity index (χ4v) is 5.00. The predicted molar refractivity (Wildman–Crippen MR) is 104 cm³/mol. The lowest BCUT2D eigenvalue weighted by Crippen LogP contribution is -2.53. The van der Waals surface area contributed by atoms with Gasteiger partial charge in [-0.2, -0.15) is 0 Å². The third-order valence-corrected chi connectivity index (χ3v) is 7.16. The molecule has 3 rings (SSSR count). The van der Waals surface area contributed by atoms with Gasteiger partial charge in [0.15, 0.2) is 0 Å². The molecule has 2 aliphatic heterocycles. The summed E-state index contributed by atoms with van der Waals surface area (Å²) in [5, 5.41) is 20.1. The number of rotatable bonds is 7. The van der Waals surface area contributed by atoms with E-state index in [1.807, 2.05) is 0 Å². The Balaban J connectivity index is 1.69. The first-order chi connectivity index (χ1) is 13.4. The van der Waals surface area contributed by atoms with Crippen LogP contribution in [-0.2, 0) is 14.8 Å². The fourth-order valence-electron chi connectivity index (χ4n) is 3.95. The van der Waals surface area contributed by atoms with Crippen LogP contribution >= 0.6 is 0 Å². The van der Waals surface area contributed by atoms with Crippen molar-refractivity contribution in [3.8, 4) is 5.75 Å². The zero-order valence-electron chi connectivity index (χ0n) is 16.3. The first kappa shape index (κ1) is 21.5. The molecule has 0 bridgehead atoms. The number of hydrogen-bond acceptors (Lipinski definition) is 7. The largest absolute Gasteiger partial charge is 0.497 e. The van der Waals surface area contributed by atoms with E-state index in [4.69, 9.17) is 9.47 Å². The summed E-state index contributed by atoms with van der Waals surface area (Å²) in [7, 11) is -2.21. The van der Waals surface area contributed by atoms with Gasteiger partial charge in [0, 0.05) is 6.54 Å². The second-order valence-electron chi connectivity index (χ2n) is 7.62. The number of methoxy groups -OCH3 is 1. The maximum atomic E-state index is 12.6. The number of piperidine rings is 1. The van der Waals surface area contributed by atoms with E-state index < -0.39 is 28.3 Å². The number of hydrogen-bond donors (Lipinski definition) is 3. The topological polar surface area (TPSA) is 108 Å². The second-order valence-corrected chi connectivity index (χ2v) is 9.39. The summed E-state index contributed by atoms with van der Waals surface area (Å²) in [5.41, 5.74) is 0. The molecular formula is C19H30N2O6S. The number of benzene rings is 1. The van der Waals surface area contributed by atoms with Gasteiger partial charge in [-0.05, 0) is 56.1 Å². The van der Waals surface area contributed by atoms with Crippen LogP contribution in [0.25, 0.3) is 0 Å². The standard InChI is InChI=1S/C19H30N2O6S/c1-13-7-9-21(10-8-13)18-16(27-17(12-22)19(18)23)11-20-28(24,25)15-5-3-14(26-2)4-6-15/h3-6,13,16-20,22-23H,7-12H2,1-2H3/t16-,17+,18-,19-/m1/s1. The lowest BCUT2D eigenvalue weighted by molar-refractivity contribution is -0.0201. The fraction of sp³-hybridized carbons (Fsp3) is 0.684. The van der Waals surface area contributed by atoms with Crippen LogP contribution in [0.4, 0.5) is 0 Å². The van der Waals surface area contributed by atoms with E-state index in [1.54, 1.807) is 12.1 Å². The van der Waals surface area contributed by atoms with Gasteiger partial charge in [0.2, 0.25) is 10.0 Å². The molecule has 2 heterocycles. The van der Waals surface area contributed by atoms with Gasteiger partial charge in [-0.25, -0.2) is 13.1 Å². The van der Waals surface area contributed by atoms with Gasteiger partial charge < -0.3 is 19.7 Å². The molecule has 1 aromatic rings. The van der Waals surface area contributed by atoms with Crippen LogP contribution in [0.5, 0.6) is 5.75 Å². The summed E-state index contributed by atoms with van der Waals surface area (Å²) in [4.78, 5) is 2.29.